The number of nitrogens with one attached hydrogen (secondary N) is 1. The van der Waals surface area contributed by atoms with Crippen LogP contribution in [0.25, 0.3) is 10.9 Å². The number of amides is 1. The highest BCUT2D eigenvalue weighted by molar-refractivity contribution is 7.92. The minimum absolute atomic E-state index is 0.0866. The first-order chi connectivity index (χ1) is 16.4. The van der Waals surface area contributed by atoms with Crippen molar-refractivity contribution >= 4 is 84.6 Å². The Morgan fingerprint density at radius 1 is 1.06 bits per heavy atom. The predicted octanol–water partition coefficient (Wildman–Crippen LogP) is 7.25. The Bertz CT molecular complexity index is 1550. The van der Waals surface area contributed by atoms with Gasteiger partial charge in [0.05, 0.1) is 10.5 Å². The number of sulfonamides is 1. The van der Waals surface area contributed by atoms with Crippen molar-refractivity contribution in [3.8, 4) is 0 Å². The first kappa shape index (κ1) is 26.3. The van der Waals surface area contributed by atoms with Crippen molar-refractivity contribution in [2.75, 3.05) is 0 Å². The fourth-order valence-electron chi connectivity index (χ4n) is 3.77. The Morgan fingerprint density at radius 2 is 1.80 bits per heavy atom. The highest BCUT2D eigenvalue weighted by atomic mass is 35.5. The minimum atomic E-state index is -4.12. The number of thiophene rings is 1. The smallest absolute Gasteiger partial charge is 0.273 e. The SMILES string of the molecule is Cc1cn(Cc2ccc(Cl)cc2Cl)c2c(CCC(=O)NS(=O)(=O)c3cc(Cl)c(Cl)s3)cc(F)cc12. The Hall–Kier alpha value is -1.81. The number of halogens is 5. The van der Waals surface area contributed by atoms with Crippen molar-refractivity contribution in [3.05, 3.63) is 84.5 Å². The van der Waals surface area contributed by atoms with Crippen LogP contribution in [0.2, 0.25) is 19.4 Å². The van der Waals surface area contributed by atoms with Gasteiger partial charge in [-0.3, -0.25) is 4.79 Å². The molecule has 0 radical (unpaired) electrons. The van der Waals surface area contributed by atoms with Gasteiger partial charge in [-0.1, -0.05) is 52.5 Å². The Labute approximate surface area is 225 Å². The number of carbonyl (C=O) groups excluding carboxylic acids is 1. The van der Waals surface area contributed by atoms with Gasteiger partial charge in [-0.25, -0.2) is 17.5 Å². The number of fused-ring (bicyclic) bond motifs is 1. The zero-order chi connectivity index (χ0) is 25.5. The van der Waals surface area contributed by atoms with E-state index in [0.717, 1.165) is 28.0 Å². The van der Waals surface area contributed by atoms with Crippen molar-refractivity contribution < 1.29 is 17.6 Å². The van der Waals surface area contributed by atoms with E-state index in [2.05, 4.69) is 0 Å². The second-order valence-electron chi connectivity index (χ2n) is 7.85. The van der Waals surface area contributed by atoms with Crippen molar-refractivity contribution in [2.24, 2.45) is 0 Å². The summed E-state index contributed by atoms with van der Waals surface area (Å²) in [5.74, 6) is -1.19. The van der Waals surface area contributed by atoms with E-state index >= 15 is 0 Å². The molecule has 2 aromatic carbocycles. The minimum Gasteiger partial charge on any atom is -0.342 e. The summed E-state index contributed by atoms with van der Waals surface area (Å²) in [4.78, 5) is 12.5. The van der Waals surface area contributed by atoms with Crippen LogP contribution in [0.1, 0.15) is 23.1 Å². The van der Waals surface area contributed by atoms with Crippen LogP contribution >= 0.6 is 57.7 Å². The van der Waals surface area contributed by atoms with Gasteiger partial charge in [0.15, 0.2) is 0 Å². The molecule has 0 aliphatic rings. The Kier molecular flexibility index (Phi) is 7.71. The van der Waals surface area contributed by atoms with Gasteiger partial charge < -0.3 is 4.57 Å². The molecule has 5 nitrogen and oxygen atoms in total. The van der Waals surface area contributed by atoms with Gasteiger partial charge in [-0.05, 0) is 60.4 Å². The molecule has 0 atom stereocenters. The average Bonchev–Trinajstić information content (AvgIpc) is 3.27. The summed E-state index contributed by atoms with van der Waals surface area (Å²) >= 11 is 24.8. The molecule has 0 unspecified atom stereocenters. The van der Waals surface area contributed by atoms with Gasteiger partial charge in [0.25, 0.3) is 10.0 Å². The maximum absolute atomic E-state index is 14.4. The summed E-state index contributed by atoms with van der Waals surface area (Å²) in [7, 11) is -4.12. The van der Waals surface area contributed by atoms with E-state index < -0.39 is 21.7 Å². The third kappa shape index (κ3) is 5.79. The van der Waals surface area contributed by atoms with Crippen LogP contribution in [-0.4, -0.2) is 18.9 Å². The highest BCUT2D eigenvalue weighted by Gasteiger charge is 2.22. The molecule has 2 heterocycles. The van der Waals surface area contributed by atoms with Crippen LogP contribution in [0.4, 0.5) is 4.39 Å². The molecule has 12 heteroatoms. The van der Waals surface area contributed by atoms with E-state index in [1.54, 1.807) is 12.1 Å². The van der Waals surface area contributed by atoms with E-state index in [1.165, 1.54) is 18.2 Å². The molecule has 2 aromatic heterocycles. The van der Waals surface area contributed by atoms with E-state index in [1.807, 2.05) is 28.5 Å². The lowest BCUT2D eigenvalue weighted by molar-refractivity contribution is -0.119. The molecule has 184 valence electrons. The first-order valence-corrected chi connectivity index (χ1v) is 14.0. The number of carbonyl (C=O) groups is 1. The van der Waals surface area contributed by atoms with E-state index in [0.29, 0.717) is 27.5 Å². The quantitative estimate of drug-likeness (QED) is 0.245. The maximum atomic E-state index is 14.4. The normalized spacial score (nSPS) is 11.8. The Morgan fingerprint density at radius 3 is 2.46 bits per heavy atom. The molecule has 0 aliphatic carbocycles. The number of benzene rings is 2. The molecule has 1 N–H and O–H groups in total. The molecule has 4 rings (SSSR count). The summed E-state index contributed by atoms with van der Waals surface area (Å²) in [6.07, 6.45) is 1.81. The van der Waals surface area contributed by atoms with Crippen molar-refractivity contribution in [2.45, 2.75) is 30.5 Å². The molecule has 0 saturated heterocycles. The maximum Gasteiger partial charge on any atom is 0.273 e. The van der Waals surface area contributed by atoms with Gasteiger partial charge in [-0.2, -0.15) is 0 Å². The highest BCUT2D eigenvalue weighted by Crippen LogP contribution is 2.34. The predicted molar refractivity (Wildman–Crippen MR) is 140 cm³/mol. The molecule has 0 fully saturated rings. The summed E-state index contributed by atoms with van der Waals surface area (Å²) in [6.45, 7) is 2.27. The first-order valence-electron chi connectivity index (χ1n) is 10.2. The number of aromatic nitrogens is 1. The number of aryl methyl sites for hydroxylation is 2. The molecule has 0 saturated carbocycles. The molecule has 0 aliphatic heterocycles. The third-order valence-corrected chi connectivity index (χ3v) is 9.63. The molecule has 1 amide bonds. The summed E-state index contributed by atoms with van der Waals surface area (Å²) in [6, 6.07) is 9.16. The zero-order valence-corrected chi connectivity index (χ0v) is 22.7. The monoisotopic (exact) mass is 592 g/mol. The van der Waals surface area contributed by atoms with Crippen molar-refractivity contribution in [3.63, 3.8) is 0 Å². The standard InChI is InChI=1S/C23H17Cl4FN2O3S2/c1-12-10-30(11-14-2-4-15(24)7-18(14)25)22-13(6-16(28)8-17(12)22)3-5-20(31)29-35(32,33)21-9-19(26)23(27)34-21/h2,4,6-10H,3,5,11H2,1H3,(H,29,31). The lowest BCUT2D eigenvalue weighted by Gasteiger charge is -2.12. The lowest BCUT2D eigenvalue weighted by Crippen LogP contribution is -2.30. The van der Waals surface area contributed by atoms with Crippen LogP contribution in [-0.2, 0) is 27.8 Å². The largest absolute Gasteiger partial charge is 0.342 e. The summed E-state index contributed by atoms with van der Waals surface area (Å²) < 4.78 is 43.3. The van der Waals surface area contributed by atoms with Crippen LogP contribution in [0.15, 0.2) is 46.8 Å². The van der Waals surface area contributed by atoms with Crippen LogP contribution < -0.4 is 4.72 Å². The third-order valence-electron chi connectivity index (χ3n) is 5.33. The van der Waals surface area contributed by atoms with Crippen LogP contribution in [0.3, 0.4) is 0 Å². The zero-order valence-electron chi connectivity index (χ0n) is 18.0. The van der Waals surface area contributed by atoms with Gasteiger partial charge in [0, 0.05) is 34.6 Å². The Balaban J connectivity index is 1.59. The van der Waals surface area contributed by atoms with Gasteiger partial charge >= 0.3 is 0 Å². The number of rotatable bonds is 7. The lowest BCUT2D eigenvalue weighted by atomic mass is 10.0. The topological polar surface area (TPSA) is 68.2 Å². The van der Waals surface area contributed by atoms with E-state index in [4.69, 9.17) is 46.4 Å². The van der Waals surface area contributed by atoms with Crippen LogP contribution in [0.5, 0.6) is 0 Å². The molecule has 0 spiro atoms. The number of hydrogen-bond acceptors (Lipinski definition) is 4. The fraction of sp³-hybridized carbons (Fsp3) is 0.174. The van der Waals surface area contributed by atoms with Gasteiger partial charge in [0.1, 0.15) is 14.4 Å². The fourth-order valence-corrected chi connectivity index (χ4v) is 7.13. The van der Waals surface area contributed by atoms with E-state index in [9.17, 15) is 17.6 Å². The second-order valence-corrected chi connectivity index (χ2v) is 12.7. The second kappa shape index (κ2) is 10.3. The van der Waals surface area contributed by atoms with Crippen molar-refractivity contribution in [1.82, 2.24) is 9.29 Å². The van der Waals surface area contributed by atoms with Crippen LogP contribution in [0, 0.1) is 12.7 Å². The van der Waals surface area contributed by atoms with Crippen molar-refractivity contribution in [1.29, 1.82) is 0 Å². The molecular formula is C23H17Cl4FN2O3S2. The van der Waals surface area contributed by atoms with Gasteiger partial charge in [0.2, 0.25) is 5.91 Å². The summed E-state index contributed by atoms with van der Waals surface area (Å²) in [5, 5.41) is 1.80. The molecule has 4 aromatic rings. The van der Waals surface area contributed by atoms with Gasteiger partial charge in [-0.15, -0.1) is 11.3 Å². The summed E-state index contributed by atoms with van der Waals surface area (Å²) in [5.41, 5.74) is 2.97. The molecule has 35 heavy (non-hydrogen) atoms. The molecule has 0 bridgehead atoms. The number of nitrogens with zero attached hydrogens (tertiary/aromatic N) is 1. The molecular weight excluding hydrogens is 577 g/mol. The average molecular weight is 594 g/mol. The van der Waals surface area contributed by atoms with E-state index in [-0.39, 0.29) is 26.4 Å². The number of hydrogen-bond donors (Lipinski definition) is 1.